The van der Waals surface area contributed by atoms with E-state index in [9.17, 15) is 18.0 Å². The Labute approximate surface area is 204 Å². The summed E-state index contributed by atoms with van der Waals surface area (Å²) in [5, 5.41) is 9.30. The summed E-state index contributed by atoms with van der Waals surface area (Å²) >= 11 is 0. The summed E-state index contributed by atoms with van der Waals surface area (Å²) in [6, 6.07) is 23.2. The first kappa shape index (κ1) is 25.3. The maximum atomic E-state index is 13.4. The normalized spacial score (nSPS) is 11.8. The van der Waals surface area contributed by atoms with Crippen LogP contribution in [-0.4, -0.2) is 43.6 Å². The smallest absolute Gasteiger partial charge is 0.273 e. The molecular weight excluding hydrogens is 464 g/mol. The van der Waals surface area contributed by atoms with Crippen molar-refractivity contribution in [3.05, 3.63) is 108 Å². The van der Waals surface area contributed by atoms with Gasteiger partial charge >= 0.3 is 0 Å². The van der Waals surface area contributed by atoms with Gasteiger partial charge < -0.3 is 0 Å². The van der Waals surface area contributed by atoms with E-state index < -0.39 is 21.8 Å². The lowest BCUT2D eigenvalue weighted by Crippen LogP contribution is -2.39. The molecule has 0 atom stereocenters. The van der Waals surface area contributed by atoms with Gasteiger partial charge in [-0.2, -0.15) is 4.31 Å². The number of sulfonamides is 1. The van der Waals surface area contributed by atoms with Crippen molar-refractivity contribution >= 4 is 39.7 Å². The van der Waals surface area contributed by atoms with Crippen LogP contribution >= 0.6 is 0 Å². The monoisotopic (exact) mass is 488 g/mol. The van der Waals surface area contributed by atoms with Crippen LogP contribution in [0.25, 0.3) is 12.2 Å². The molecule has 0 N–H and O–H groups in total. The molecule has 0 heterocycles. The Morgan fingerprint density at radius 1 is 0.714 bits per heavy atom. The second kappa shape index (κ2) is 11.7. The molecule has 0 aliphatic carbocycles. The Morgan fingerprint density at radius 3 is 1.60 bits per heavy atom. The molecule has 178 valence electrons. The van der Waals surface area contributed by atoms with Crippen LogP contribution in [-0.2, 0) is 19.6 Å². The van der Waals surface area contributed by atoms with Gasteiger partial charge in [0.1, 0.15) is 0 Å². The molecule has 0 unspecified atom stereocenters. The average molecular weight is 489 g/mol. The lowest BCUT2D eigenvalue weighted by atomic mass is 10.2. The number of carbonyl (C=O) groups is 2. The molecule has 0 aromatic heterocycles. The second-order valence-corrected chi connectivity index (χ2v) is 9.25. The zero-order valence-corrected chi connectivity index (χ0v) is 20.0. The van der Waals surface area contributed by atoms with Crippen LogP contribution in [0.2, 0.25) is 0 Å². The number of carbonyl (C=O) groups excluding carboxylic acids is 2. The van der Waals surface area contributed by atoms with Crippen LogP contribution in [0.5, 0.6) is 0 Å². The summed E-state index contributed by atoms with van der Waals surface area (Å²) in [4.78, 5) is 25.8. The molecule has 0 saturated carbocycles. The molecule has 3 aromatic carbocycles. The quantitative estimate of drug-likeness (QED) is 0.260. The predicted molar refractivity (Wildman–Crippen MR) is 135 cm³/mol. The van der Waals surface area contributed by atoms with E-state index in [4.69, 9.17) is 0 Å². The third kappa shape index (κ3) is 7.05. The molecule has 0 spiro atoms. The van der Waals surface area contributed by atoms with Gasteiger partial charge in [-0.25, -0.2) is 8.42 Å². The Hall–Kier alpha value is -4.37. The number of amides is 2. The van der Waals surface area contributed by atoms with Gasteiger partial charge in [0.25, 0.3) is 21.8 Å². The minimum absolute atomic E-state index is 0.232. The van der Waals surface area contributed by atoms with E-state index in [0.29, 0.717) is 16.8 Å². The Morgan fingerprint density at radius 2 is 1.17 bits per heavy atom. The SMILES string of the molecule is CN(C)N=Nc1ccc(S(=O)(=O)N(C(=O)/C=C/c2ccccc2)C(=O)/C=C/c2ccccc2)cc1. The summed E-state index contributed by atoms with van der Waals surface area (Å²) in [6.45, 7) is 0. The van der Waals surface area contributed by atoms with E-state index in [0.717, 1.165) is 12.2 Å². The topological polar surface area (TPSA) is 99.5 Å². The highest BCUT2D eigenvalue weighted by Crippen LogP contribution is 2.22. The van der Waals surface area contributed by atoms with Crippen molar-refractivity contribution in [3.63, 3.8) is 0 Å². The summed E-state index contributed by atoms with van der Waals surface area (Å²) in [7, 11) is -1.11. The van der Waals surface area contributed by atoms with Crippen molar-refractivity contribution in [2.75, 3.05) is 14.1 Å². The third-order valence-corrected chi connectivity index (χ3v) is 6.26. The van der Waals surface area contributed by atoms with Crippen LogP contribution in [0.3, 0.4) is 0 Å². The number of imide groups is 1. The Kier molecular flexibility index (Phi) is 8.42. The fourth-order valence-corrected chi connectivity index (χ4v) is 4.16. The zero-order valence-electron chi connectivity index (χ0n) is 19.2. The predicted octanol–water partition coefficient (Wildman–Crippen LogP) is 4.72. The van der Waals surface area contributed by atoms with E-state index >= 15 is 0 Å². The third-order valence-electron chi connectivity index (χ3n) is 4.55. The van der Waals surface area contributed by atoms with E-state index in [1.54, 1.807) is 62.6 Å². The molecule has 2 amide bonds. The molecule has 0 aliphatic rings. The van der Waals surface area contributed by atoms with Gasteiger partial charge in [-0.1, -0.05) is 65.9 Å². The highest BCUT2D eigenvalue weighted by atomic mass is 32.2. The first-order valence-electron chi connectivity index (χ1n) is 10.6. The molecule has 3 aromatic rings. The molecule has 0 radical (unpaired) electrons. The molecule has 35 heavy (non-hydrogen) atoms. The largest absolute Gasteiger partial charge is 0.285 e. The van der Waals surface area contributed by atoms with E-state index in [2.05, 4.69) is 10.3 Å². The minimum Gasteiger partial charge on any atom is -0.285 e. The van der Waals surface area contributed by atoms with Crippen LogP contribution in [0.15, 0.2) is 112 Å². The molecule has 0 bridgehead atoms. The highest BCUT2D eigenvalue weighted by molar-refractivity contribution is 7.90. The van der Waals surface area contributed by atoms with Gasteiger partial charge in [0.05, 0.1) is 10.6 Å². The van der Waals surface area contributed by atoms with Gasteiger partial charge in [-0.3, -0.25) is 14.6 Å². The van der Waals surface area contributed by atoms with Crippen molar-refractivity contribution in [1.82, 2.24) is 9.31 Å². The van der Waals surface area contributed by atoms with Gasteiger partial charge in [0.2, 0.25) is 0 Å². The number of hydrogen-bond acceptors (Lipinski definition) is 6. The summed E-state index contributed by atoms with van der Waals surface area (Å²) in [5.41, 5.74) is 1.77. The Bertz CT molecular complexity index is 1290. The van der Waals surface area contributed by atoms with Gasteiger partial charge in [0, 0.05) is 26.2 Å². The lowest BCUT2D eigenvalue weighted by Gasteiger charge is -2.18. The molecule has 3 rings (SSSR count). The minimum atomic E-state index is -4.51. The van der Waals surface area contributed by atoms with Crippen LogP contribution in [0.1, 0.15) is 11.1 Å². The van der Waals surface area contributed by atoms with Crippen LogP contribution in [0.4, 0.5) is 5.69 Å². The van der Waals surface area contributed by atoms with Gasteiger partial charge in [0.15, 0.2) is 0 Å². The summed E-state index contributed by atoms with van der Waals surface area (Å²) in [6.07, 6.45) is 5.01. The zero-order chi connectivity index (χ0) is 25.3. The van der Waals surface area contributed by atoms with Crippen molar-refractivity contribution in [1.29, 1.82) is 0 Å². The number of benzene rings is 3. The molecular formula is C26H24N4O4S. The first-order valence-corrected chi connectivity index (χ1v) is 12.0. The van der Waals surface area contributed by atoms with Gasteiger partial charge in [-0.05, 0) is 47.5 Å². The van der Waals surface area contributed by atoms with Crippen molar-refractivity contribution < 1.29 is 18.0 Å². The van der Waals surface area contributed by atoms with E-state index in [1.807, 2.05) is 12.1 Å². The van der Waals surface area contributed by atoms with Crippen molar-refractivity contribution in [2.45, 2.75) is 4.90 Å². The summed E-state index contributed by atoms with van der Waals surface area (Å²) in [5.74, 6) is -1.99. The first-order chi connectivity index (χ1) is 16.8. The maximum Gasteiger partial charge on any atom is 0.273 e. The van der Waals surface area contributed by atoms with Crippen molar-refractivity contribution in [2.24, 2.45) is 10.3 Å². The number of rotatable bonds is 8. The molecule has 0 saturated heterocycles. The Balaban J connectivity index is 1.95. The highest BCUT2D eigenvalue weighted by Gasteiger charge is 2.32. The standard InChI is InChI=1S/C26H24N4O4S/c1-29(2)28-27-23-15-17-24(18-16-23)35(33,34)30(25(31)19-13-21-9-5-3-6-10-21)26(32)20-14-22-11-7-4-8-12-22/h3-20H,1-2H3/b19-13+,20-14+,28-27?. The molecule has 9 heteroatoms. The fourth-order valence-electron chi connectivity index (χ4n) is 2.88. The number of hydrogen-bond donors (Lipinski definition) is 0. The van der Waals surface area contributed by atoms with E-state index in [1.165, 1.54) is 41.4 Å². The van der Waals surface area contributed by atoms with Crippen LogP contribution in [0, 0.1) is 0 Å². The van der Waals surface area contributed by atoms with Gasteiger partial charge in [-0.15, -0.1) is 5.11 Å². The van der Waals surface area contributed by atoms with Crippen molar-refractivity contribution in [3.8, 4) is 0 Å². The fraction of sp³-hybridized carbons (Fsp3) is 0.0769. The molecule has 8 nitrogen and oxygen atoms in total. The summed E-state index contributed by atoms with van der Waals surface area (Å²) < 4.78 is 27.0. The maximum absolute atomic E-state index is 13.4. The molecule has 0 aliphatic heterocycles. The van der Waals surface area contributed by atoms with E-state index in [-0.39, 0.29) is 9.20 Å². The average Bonchev–Trinajstić information content (AvgIpc) is 2.86. The molecule has 0 fully saturated rings. The second-order valence-electron chi connectivity index (χ2n) is 7.46. The number of nitrogens with zero attached hydrogens (tertiary/aromatic N) is 4. The lowest BCUT2D eigenvalue weighted by molar-refractivity contribution is -0.132. The van der Waals surface area contributed by atoms with Crippen LogP contribution < -0.4 is 0 Å².